The van der Waals surface area contributed by atoms with Crippen LogP contribution in [0.5, 0.6) is 0 Å². The third-order valence-corrected chi connectivity index (χ3v) is 3.22. The van der Waals surface area contributed by atoms with E-state index in [9.17, 15) is 22.4 Å². The smallest absolute Gasteiger partial charge is 0.422 e. The summed E-state index contributed by atoms with van der Waals surface area (Å²) >= 11 is 0. The van der Waals surface area contributed by atoms with Gasteiger partial charge in [-0.15, -0.1) is 0 Å². The second-order valence-corrected chi connectivity index (χ2v) is 4.64. The lowest BCUT2D eigenvalue weighted by Crippen LogP contribution is -2.20. The zero-order valence-electron chi connectivity index (χ0n) is 10.9. The van der Waals surface area contributed by atoms with E-state index in [1.54, 1.807) is 18.2 Å². The molecule has 0 aliphatic carbocycles. The summed E-state index contributed by atoms with van der Waals surface area (Å²) in [5, 5.41) is 0.0273. The van der Waals surface area contributed by atoms with E-state index < -0.39 is 23.2 Å². The molecule has 0 fully saturated rings. The number of fused-ring (bicyclic) bond motifs is 1. The van der Waals surface area contributed by atoms with Crippen LogP contribution in [0.25, 0.3) is 22.1 Å². The molecule has 0 bridgehead atoms. The van der Waals surface area contributed by atoms with Crippen LogP contribution < -0.4 is 5.63 Å². The van der Waals surface area contributed by atoms with E-state index in [1.807, 2.05) is 0 Å². The van der Waals surface area contributed by atoms with Crippen LogP contribution in [0, 0.1) is 5.82 Å². The lowest BCUT2D eigenvalue weighted by Gasteiger charge is -2.14. The van der Waals surface area contributed by atoms with Gasteiger partial charge in [0.25, 0.3) is 0 Å². The van der Waals surface area contributed by atoms with Crippen LogP contribution in [0.15, 0.2) is 57.7 Å². The van der Waals surface area contributed by atoms with Gasteiger partial charge >= 0.3 is 11.8 Å². The van der Waals surface area contributed by atoms with E-state index in [0.717, 1.165) is 12.1 Å². The standard InChI is InChI=1S/C16H8F4O2/c17-10-6-7-11-12(8-10)22-15(21)14(16(18,19)20)13(11)9-4-2-1-3-5-9/h1-8H. The minimum absolute atomic E-state index is 0.0273. The van der Waals surface area contributed by atoms with Gasteiger partial charge < -0.3 is 4.42 Å². The number of rotatable bonds is 1. The molecule has 22 heavy (non-hydrogen) atoms. The van der Waals surface area contributed by atoms with Gasteiger partial charge in [0.1, 0.15) is 17.0 Å². The number of halogens is 4. The molecular weight excluding hydrogens is 300 g/mol. The van der Waals surface area contributed by atoms with Crippen molar-refractivity contribution >= 4 is 11.0 Å². The van der Waals surface area contributed by atoms with E-state index in [2.05, 4.69) is 4.42 Å². The van der Waals surface area contributed by atoms with E-state index in [4.69, 9.17) is 0 Å². The molecular formula is C16H8F4O2. The predicted molar refractivity (Wildman–Crippen MR) is 72.9 cm³/mol. The summed E-state index contributed by atoms with van der Waals surface area (Å²) in [6, 6.07) is 10.7. The Balaban J connectivity index is 2.52. The molecule has 0 atom stereocenters. The van der Waals surface area contributed by atoms with Crippen molar-refractivity contribution in [2.75, 3.05) is 0 Å². The lowest BCUT2D eigenvalue weighted by atomic mass is 9.97. The van der Waals surface area contributed by atoms with Gasteiger partial charge in [-0.2, -0.15) is 13.2 Å². The maximum absolute atomic E-state index is 13.3. The summed E-state index contributed by atoms with van der Waals surface area (Å²) in [5.41, 5.74) is -3.25. The first-order valence-electron chi connectivity index (χ1n) is 6.27. The lowest BCUT2D eigenvalue weighted by molar-refractivity contribution is -0.139. The molecule has 2 nitrogen and oxygen atoms in total. The van der Waals surface area contributed by atoms with Gasteiger partial charge in [0, 0.05) is 17.0 Å². The zero-order chi connectivity index (χ0) is 15.9. The number of hydrogen-bond acceptors (Lipinski definition) is 2. The second-order valence-electron chi connectivity index (χ2n) is 4.64. The van der Waals surface area contributed by atoms with E-state index >= 15 is 0 Å². The molecule has 0 saturated heterocycles. The Bertz CT molecular complexity index is 896. The maximum Gasteiger partial charge on any atom is 0.424 e. The van der Waals surface area contributed by atoms with Crippen LogP contribution in [0.3, 0.4) is 0 Å². The molecule has 0 radical (unpaired) electrons. The van der Waals surface area contributed by atoms with Crippen LogP contribution in [-0.2, 0) is 6.18 Å². The number of hydrogen-bond donors (Lipinski definition) is 0. The fourth-order valence-electron chi connectivity index (χ4n) is 2.34. The predicted octanol–water partition coefficient (Wildman–Crippen LogP) is 4.62. The Labute approximate surface area is 121 Å². The van der Waals surface area contributed by atoms with Gasteiger partial charge in [-0.1, -0.05) is 30.3 Å². The largest absolute Gasteiger partial charge is 0.424 e. The van der Waals surface area contributed by atoms with Crippen LogP contribution in [0.4, 0.5) is 17.6 Å². The third kappa shape index (κ3) is 2.36. The molecule has 112 valence electrons. The minimum Gasteiger partial charge on any atom is -0.422 e. The Kier molecular flexibility index (Phi) is 3.24. The SMILES string of the molecule is O=c1oc2cc(F)ccc2c(-c2ccccc2)c1C(F)(F)F. The van der Waals surface area contributed by atoms with Gasteiger partial charge in [-0.25, -0.2) is 9.18 Å². The molecule has 6 heteroatoms. The van der Waals surface area contributed by atoms with Crippen LogP contribution in [-0.4, -0.2) is 0 Å². The molecule has 3 rings (SSSR count). The maximum atomic E-state index is 13.3. The summed E-state index contributed by atoms with van der Waals surface area (Å²) < 4.78 is 57.7. The van der Waals surface area contributed by atoms with Crippen LogP contribution >= 0.6 is 0 Å². The van der Waals surface area contributed by atoms with Crippen molar-refractivity contribution in [3.63, 3.8) is 0 Å². The minimum atomic E-state index is -4.88. The van der Waals surface area contributed by atoms with Gasteiger partial charge in [-0.05, 0) is 17.7 Å². The normalized spacial score (nSPS) is 11.8. The Morgan fingerprint density at radius 2 is 1.64 bits per heavy atom. The van der Waals surface area contributed by atoms with E-state index in [-0.39, 0.29) is 22.1 Å². The average Bonchev–Trinajstić information content (AvgIpc) is 2.45. The fraction of sp³-hybridized carbons (Fsp3) is 0.0625. The first kappa shape index (κ1) is 14.3. The first-order chi connectivity index (χ1) is 10.4. The average molecular weight is 308 g/mol. The molecule has 0 aliphatic rings. The van der Waals surface area contributed by atoms with E-state index in [0.29, 0.717) is 0 Å². The number of alkyl halides is 3. The highest BCUT2D eigenvalue weighted by Gasteiger charge is 2.39. The molecule has 1 heterocycles. The third-order valence-electron chi connectivity index (χ3n) is 3.22. The van der Waals surface area contributed by atoms with E-state index in [1.165, 1.54) is 18.2 Å². The molecule has 0 spiro atoms. The molecule has 0 N–H and O–H groups in total. The number of benzene rings is 2. The van der Waals surface area contributed by atoms with Crippen LogP contribution in [0.1, 0.15) is 5.56 Å². The van der Waals surface area contributed by atoms with Crippen molar-refractivity contribution in [2.24, 2.45) is 0 Å². The fourth-order valence-corrected chi connectivity index (χ4v) is 2.34. The summed E-state index contributed by atoms with van der Waals surface area (Å²) in [7, 11) is 0. The van der Waals surface area contributed by atoms with Gasteiger partial charge in [0.05, 0.1) is 0 Å². The van der Waals surface area contributed by atoms with Crippen molar-refractivity contribution < 1.29 is 22.0 Å². The molecule has 0 unspecified atom stereocenters. The second kappa shape index (κ2) is 4.98. The molecule has 0 amide bonds. The van der Waals surface area contributed by atoms with Crippen molar-refractivity contribution in [3.8, 4) is 11.1 Å². The molecule has 2 aromatic carbocycles. The molecule has 1 aromatic heterocycles. The Hall–Kier alpha value is -2.63. The van der Waals surface area contributed by atoms with Crippen molar-refractivity contribution in [1.82, 2.24) is 0 Å². The van der Waals surface area contributed by atoms with Gasteiger partial charge in [0.2, 0.25) is 0 Å². The van der Waals surface area contributed by atoms with Crippen molar-refractivity contribution in [1.29, 1.82) is 0 Å². The Morgan fingerprint density at radius 1 is 0.955 bits per heavy atom. The summed E-state index contributed by atoms with van der Waals surface area (Å²) in [6.45, 7) is 0. The zero-order valence-corrected chi connectivity index (χ0v) is 10.9. The van der Waals surface area contributed by atoms with Crippen molar-refractivity contribution in [2.45, 2.75) is 6.18 Å². The Morgan fingerprint density at radius 3 is 2.27 bits per heavy atom. The van der Waals surface area contributed by atoms with Crippen LogP contribution in [0.2, 0.25) is 0 Å². The molecule has 3 aromatic rings. The van der Waals surface area contributed by atoms with Gasteiger partial charge in [-0.3, -0.25) is 0 Å². The van der Waals surface area contributed by atoms with Gasteiger partial charge in [0.15, 0.2) is 0 Å². The highest BCUT2D eigenvalue weighted by molar-refractivity contribution is 5.95. The molecule has 0 aliphatic heterocycles. The quantitative estimate of drug-likeness (QED) is 0.485. The highest BCUT2D eigenvalue weighted by Crippen LogP contribution is 2.39. The monoisotopic (exact) mass is 308 g/mol. The molecule has 0 saturated carbocycles. The summed E-state index contributed by atoms with van der Waals surface area (Å²) in [6.07, 6.45) is -4.88. The summed E-state index contributed by atoms with van der Waals surface area (Å²) in [4.78, 5) is 11.8. The van der Waals surface area contributed by atoms with Crippen molar-refractivity contribution in [3.05, 3.63) is 70.3 Å². The topological polar surface area (TPSA) is 30.2 Å². The highest BCUT2D eigenvalue weighted by atomic mass is 19.4. The summed E-state index contributed by atoms with van der Waals surface area (Å²) in [5.74, 6) is -0.700. The first-order valence-corrected chi connectivity index (χ1v) is 6.27.